The Morgan fingerprint density at radius 1 is 1.04 bits per heavy atom. The van der Waals surface area contributed by atoms with Crippen LogP contribution in [0.2, 0.25) is 0 Å². The lowest BCUT2D eigenvalue weighted by molar-refractivity contribution is -0.119. The van der Waals surface area contributed by atoms with Gasteiger partial charge >= 0.3 is 5.97 Å². The number of benzene rings is 2. The van der Waals surface area contributed by atoms with Crippen LogP contribution in [-0.4, -0.2) is 47.5 Å². The minimum atomic E-state index is -0.797. The minimum Gasteiger partial charge on any atom is -0.507 e. The van der Waals surface area contributed by atoms with Crippen LogP contribution in [0, 0.1) is 0 Å². The van der Waals surface area contributed by atoms with Gasteiger partial charge in [-0.25, -0.2) is 4.79 Å². The first kappa shape index (κ1) is 20.0. The Hall–Kier alpha value is -3.35. The fourth-order valence-electron chi connectivity index (χ4n) is 2.48. The summed E-state index contributed by atoms with van der Waals surface area (Å²) in [4.78, 5) is 38.0. The molecule has 0 heterocycles. The molecule has 2 aromatic carbocycles. The smallest absolute Gasteiger partial charge is 0.342 e. The van der Waals surface area contributed by atoms with E-state index in [1.807, 2.05) is 13.8 Å². The lowest BCUT2D eigenvalue weighted by Gasteiger charge is -2.19. The van der Waals surface area contributed by atoms with Gasteiger partial charge in [-0.05, 0) is 44.2 Å². The van der Waals surface area contributed by atoms with Crippen molar-refractivity contribution < 1.29 is 24.2 Å². The molecule has 7 heteroatoms. The topological polar surface area (TPSA) is 95.9 Å². The Bertz CT molecular complexity index is 831. The molecule has 2 amide bonds. The number of esters is 1. The fraction of sp³-hybridized carbons (Fsp3) is 0.250. The number of ether oxygens (including phenoxy) is 1. The highest BCUT2D eigenvalue weighted by Gasteiger charge is 2.15. The van der Waals surface area contributed by atoms with Crippen molar-refractivity contribution in [1.82, 2.24) is 4.90 Å². The van der Waals surface area contributed by atoms with Crippen LogP contribution in [0.25, 0.3) is 0 Å². The fourth-order valence-corrected chi connectivity index (χ4v) is 2.48. The number of aromatic hydroxyl groups is 1. The summed E-state index contributed by atoms with van der Waals surface area (Å²) in [5, 5.41) is 12.2. The van der Waals surface area contributed by atoms with Gasteiger partial charge in [0.25, 0.3) is 11.8 Å². The quantitative estimate of drug-likeness (QED) is 0.731. The molecule has 0 unspecified atom stereocenters. The number of hydrogen-bond donors (Lipinski definition) is 2. The third kappa shape index (κ3) is 5.31. The number of para-hydroxylation sites is 1. The van der Waals surface area contributed by atoms with Gasteiger partial charge in [-0.2, -0.15) is 0 Å². The zero-order chi connectivity index (χ0) is 19.8. The molecule has 2 rings (SSSR count). The van der Waals surface area contributed by atoms with E-state index >= 15 is 0 Å². The van der Waals surface area contributed by atoms with E-state index in [9.17, 15) is 19.5 Å². The van der Waals surface area contributed by atoms with E-state index in [1.54, 1.807) is 41.3 Å². The van der Waals surface area contributed by atoms with E-state index in [0.29, 0.717) is 24.3 Å². The maximum Gasteiger partial charge on any atom is 0.342 e. The largest absolute Gasteiger partial charge is 0.507 e. The second-order valence-electron chi connectivity index (χ2n) is 5.70. The maximum absolute atomic E-state index is 12.4. The van der Waals surface area contributed by atoms with Crippen LogP contribution in [0.4, 0.5) is 5.69 Å². The zero-order valence-electron chi connectivity index (χ0n) is 15.3. The van der Waals surface area contributed by atoms with Crippen LogP contribution in [0.3, 0.4) is 0 Å². The summed E-state index contributed by atoms with van der Waals surface area (Å²) in [6, 6.07) is 12.5. The van der Waals surface area contributed by atoms with Crippen LogP contribution in [0.1, 0.15) is 34.6 Å². The Kier molecular flexibility index (Phi) is 6.93. The summed E-state index contributed by atoms with van der Waals surface area (Å²) >= 11 is 0. The highest BCUT2D eigenvalue weighted by molar-refractivity contribution is 5.99. The molecular formula is C20H22N2O5. The number of anilines is 1. The lowest BCUT2D eigenvalue weighted by Crippen LogP contribution is -2.30. The SMILES string of the molecule is CCN(CC)C(=O)c1cccc(NC(=O)COC(=O)c2ccccc2O)c1. The van der Waals surface area contributed by atoms with Gasteiger partial charge in [-0.1, -0.05) is 18.2 Å². The Balaban J connectivity index is 1.96. The molecule has 0 aliphatic heterocycles. The van der Waals surface area contributed by atoms with Crippen molar-refractivity contribution in [2.75, 3.05) is 25.0 Å². The molecule has 7 nitrogen and oxygen atoms in total. The highest BCUT2D eigenvalue weighted by Crippen LogP contribution is 2.17. The molecule has 0 aliphatic carbocycles. The zero-order valence-corrected chi connectivity index (χ0v) is 15.3. The molecular weight excluding hydrogens is 348 g/mol. The first-order chi connectivity index (χ1) is 13.0. The number of amides is 2. The van der Waals surface area contributed by atoms with Gasteiger partial charge in [0.1, 0.15) is 11.3 Å². The van der Waals surface area contributed by atoms with Crippen molar-refractivity contribution in [2.45, 2.75) is 13.8 Å². The van der Waals surface area contributed by atoms with Gasteiger partial charge in [0.05, 0.1) is 0 Å². The number of nitrogens with zero attached hydrogens (tertiary/aromatic N) is 1. The number of nitrogens with one attached hydrogen (secondary N) is 1. The van der Waals surface area contributed by atoms with Gasteiger partial charge in [-0.15, -0.1) is 0 Å². The van der Waals surface area contributed by atoms with Gasteiger partial charge < -0.3 is 20.1 Å². The summed E-state index contributed by atoms with van der Waals surface area (Å²) < 4.78 is 4.91. The minimum absolute atomic E-state index is 0.0166. The van der Waals surface area contributed by atoms with Crippen LogP contribution >= 0.6 is 0 Å². The molecule has 142 valence electrons. The molecule has 2 N–H and O–H groups in total. The van der Waals surface area contributed by atoms with Crippen LogP contribution in [0.15, 0.2) is 48.5 Å². The average molecular weight is 370 g/mol. The normalized spacial score (nSPS) is 10.1. The predicted octanol–water partition coefficient (Wildman–Crippen LogP) is 2.67. The molecule has 0 aliphatic rings. The molecule has 0 saturated heterocycles. The van der Waals surface area contributed by atoms with Gasteiger partial charge in [0.15, 0.2) is 6.61 Å². The van der Waals surface area contributed by atoms with E-state index in [1.165, 1.54) is 12.1 Å². The predicted molar refractivity (Wildman–Crippen MR) is 101 cm³/mol. The van der Waals surface area contributed by atoms with Crippen LogP contribution in [0.5, 0.6) is 5.75 Å². The number of carbonyl (C=O) groups is 3. The first-order valence-corrected chi connectivity index (χ1v) is 8.60. The Labute approximate surface area is 157 Å². The number of hydrogen-bond acceptors (Lipinski definition) is 5. The summed E-state index contributed by atoms with van der Waals surface area (Å²) in [5.74, 6) is -1.69. The molecule has 0 radical (unpaired) electrons. The van der Waals surface area contributed by atoms with Crippen molar-refractivity contribution in [1.29, 1.82) is 0 Å². The monoisotopic (exact) mass is 370 g/mol. The second kappa shape index (κ2) is 9.38. The number of rotatable bonds is 7. The molecule has 27 heavy (non-hydrogen) atoms. The first-order valence-electron chi connectivity index (χ1n) is 8.60. The number of phenols is 1. The van der Waals surface area contributed by atoms with E-state index in [0.717, 1.165) is 0 Å². The van der Waals surface area contributed by atoms with E-state index in [4.69, 9.17) is 4.74 Å². The van der Waals surface area contributed by atoms with Crippen LogP contribution < -0.4 is 5.32 Å². The van der Waals surface area contributed by atoms with E-state index < -0.39 is 18.5 Å². The van der Waals surface area contributed by atoms with Crippen molar-refractivity contribution in [2.24, 2.45) is 0 Å². The molecule has 0 saturated carbocycles. The number of carbonyl (C=O) groups excluding carboxylic acids is 3. The third-order valence-electron chi connectivity index (χ3n) is 3.90. The molecule has 0 atom stereocenters. The van der Waals surface area contributed by atoms with Gasteiger partial charge in [0.2, 0.25) is 0 Å². The van der Waals surface area contributed by atoms with Crippen LogP contribution in [-0.2, 0) is 9.53 Å². The number of phenolic OH excluding ortho intramolecular Hbond substituents is 1. The Morgan fingerprint density at radius 3 is 2.41 bits per heavy atom. The third-order valence-corrected chi connectivity index (χ3v) is 3.90. The average Bonchev–Trinajstić information content (AvgIpc) is 2.67. The molecule has 0 spiro atoms. The van der Waals surface area contributed by atoms with Crippen molar-refractivity contribution >= 4 is 23.5 Å². The lowest BCUT2D eigenvalue weighted by atomic mass is 10.1. The molecule has 0 fully saturated rings. The summed E-state index contributed by atoms with van der Waals surface area (Å²) in [6.45, 7) is 4.46. The highest BCUT2D eigenvalue weighted by atomic mass is 16.5. The Morgan fingerprint density at radius 2 is 1.74 bits per heavy atom. The molecule has 2 aromatic rings. The summed E-state index contributed by atoms with van der Waals surface area (Å²) in [7, 11) is 0. The van der Waals surface area contributed by atoms with Gasteiger partial charge in [0, 0.05) is 24.3 Å². The second-order valence-corrected chi connectivity index (χ2v) is 5.70. The van der Waals surface area contributed by atoms with E-state index in [-0.39, 0.29) is 17.2 Å². The van der Waals surface area contributed by atoms with E-state index in [2.05, 4.69) is 5.32 Å². The van der Waals surface area contributed by atoms with Crippen molar-refractivity contribution in [3.63, 3.8) is 0 Å². The van der Waals surface area contributed by atoms with Crippen molar-refractivity contribution in [3.05, 3.63) is 59.7 Å². The summed E-state index contributed by atoms with van der Waals surface area (Å²) in [6.07, 6.45) is 0. The van der Waals surface area contributed by atoms with Crippen molar-refractivity contribution in [3.8, 4) is 5.75 Å². The summed E-state index contributed by atoms with van der Waals surface area (Å²) in [5.41, 5.74) is 0.872. The standard InChI is InChI=1S/C20H22N2O5/c1-3-22(4-2)19(25)14-8-7-9-15(12-14)21-18(24)13-27-20(26)16-10-5-6-11-17(16)23/h5-12,23H,3-4,13H2,1-2H3,(H,21,24). The molecule has 0 aromatic heterocycles. The van der Waals surface area contributed by atoms with Gasteiger partial charge in [-0.3, -0.25) is 9.59 Å². The molecule has 0 bridgehead atoms. The maximum atomic E-state index is 12.4.